The number of aliphatic hydroxyl groups is 1. The van der Waals surface area contributed by atoms with E-state index in [4.69, 9.17) is 9.47 Å². The quantitative estimate of drug-likeness (QED) is 0.846. The molecule has 2 aliphatic rings. The molecular weight excluding hydrogens is 290 g/mol. The van der Waals surface area contributed by atoms with E-state index in [2.05, 4.69) is 17.4 Å². The monoisotopic (exact) mass is 319 g/mol. The van der Waals surface area contributed by atoms with Gasteiger partial charge in [-0.2, -0.15) is 0 Å². The normalized spacial score (nSPS) is 21.7. The molecule has 2 atom stereocenters. The molecule has 0 bridgehead atoms. The molecule has 1 aliphatic carbocycles. The molecule has 0 radical (unpaired) electrons. The fourth-order valence-electron chi connectivity index (χ4n) is 3.72. The number of hydrogen-bond acceptors (Lipinski definition) is 4. The number of benzene rings is 1. The van der Waals surface area contributed by atoms with Gasteiger partial charge >= 0.3 is 0 Å². The van der Waals surface area contributed by atoms with Crippen LogP contribution in [0.2, 0.25) is 0 Å². The molecule has 4 heteroatoms. The van der Waals surface area contributed by atoms with E-state index >= 15 is 0 Å². The second-order valence-electron chi connectivity index (χ2n) is 6.76. The number of fused-ring (bicyclic) bond motifs is 2. The van der Waals surface area contributed by atoms with Crippen LogP contribution in [0, 0.1) is 0 Å². The van der Waals surface area contributed by atoms with E-state index in [1.807, 2.05) is 0 Å². The molecule has 1 heterocycles. The minimum atomic E-state index is -0.391. The van der Waals surface area contributed by atoms with E-state index in [0.717, 1.165) is 31.7 Å². The lowest BCUT2D eigenvalue weighted by molar-refractivity contribution is 0.0589. The molecule has 4 nitrogen and oxygen atoms in total. The molecular formula is C19H29NO3. The van der Waals surface area contributed by atoms with Gasteiger partial charge in [0, 0.05) is 18.7 Å². The Morgan fingerprint density at radius 2 is 2.04 bits per heavy atom. The van der Waals surface area contributed by atoms with Crippen LogP contribution < -0.4 is 10.1 Å². The van der Waals surface area contributed by atoms with Crippen molar-refractivity contribution in [2.75, 3.05) is 26.9 Å². The summed E-state index contributed by atoms with van der Waals surface area (Å²) in [5.74, 6) is 1.07. The molecule has 0 spiro atoms. The fourth-order valence-corrected chi connectivity index (χ4v) is 3.72. The van der Waals surface area contributed by atoms with Crippen LogP contribution in [-0.4, -0.2) is 38.1 Å². The van der Waals surface area contributed by atoms with Gasteiger partial charge in [0.25, 0.3) is 0 Å². The van der Waals surface area contributed by atoms with E-state index in [0.29, 0.717) is 19.1 Å². The maximum absolute atomic E-state index is 9.80. The highest BCUT2D eigenvalue weighted by molar-refractivity contribution is 5.46. The van der Waals surface area contributed by atoms with Crippen LogP contribution in [0.3, 0.4) is 0 Å². The third-order valence-corrected chi connectivity index (χ3v) is 4.97. The molecule has 1 aromatic carbocycles. The van der Waals surface area contributed by atoms with Gasteiger partial charge < -0.3 is 19.9 Å². The third-order valence-electron chi connectivity index (χ3n) is 4.97. The smallest absolute Gasteiger partial charge is 0.124 e. The Morgan fingerprint density at radius 3 is 2.83 bits per heavy atom. The van der Waals surface area contributed by atoms with Crippen LogP contribution in [0.25, 0.3) is 0 Å². The number of ether oxygens (including phenoxy) is 2. The minimum Gasteiger partial charge on any atom is -0.493 e. The molecule has 0 saturated heterocycles. The first kappa shape index (κ1) is 16.7. The van der Waals surface area contributed by atoms with Crippen LogP contribution in [-0.2, 0) is 17.6 Å². The standard InChI is InChI=1S/C19H29NO3/c1-22-13-16(21)8-9-20-18-7-4-10-23-19-12-15-6-3-2-5-14(15)11-17(18)19/h11-12,16,18,20-21H,2-10,13H2,1H3. The van der Waals surface area contributed by atoms with Crippen molar-refractivity contribution < 1.29 is 14.6 Å². The molecule has 0 amide bonds. The van der Waals surface area contributed by atoms with Crippen molar-refractivity contribution in [3.8, 4) is 5.75 Å². The van der Waals surface area contributed by atoms with Gasteiger partial charge in [-0.3, -0.25) is 0 Å². The van der Waals surface area contributed by atoms with Crippen molar-refractivity contribution in [2.45, 2.75) is 57.1 Å². The predicted octanol–water partition coefficient (Wildman–Crippen LogP) is 2.77. The Kier molecular flexibility index (Phi) is 5.92. The lowest BCUT2D eigenvalue weighted by Gasteiger charge is -2.23. The Balaban J connectivity index is 1.70. The van der Waals surface area contributed by atoms with Crippen LogP contribution in [0.15, 0.2) is 12.1 Å². The topological polar surface area (TPSA) is 50.7 Å². The highest BCUT2D eigenvalue weighted by Gasteiger charge is 2.22. The van der Waals surface area contributed by atoms with Gasteiger partial charge in [0.15, 0.2) is 0 Å². The molecule has 1 aromatic rings. The zero-order valence-corrected chi connectivity index (χ0v) is 14.1. The van der Waals surface area contributed by atoms with Crippen molar-refractivity contribution in [1.29, 1.82) is 0 Å². The summed E-state index contributed by atoms with van der Waals surface area (Å²) in [5.41, 5.74) is 4.29. The summed E-state index contributed by atoms with van der Waals surface area (Å²) >= 11 is 0. The molecule has 2 unspecified atom stereocenters. The number of aryl methyl sites for hydroxylation is 2. The van der Waals surface area contributed by atoms with E-state index in [1.54, 1.807) is 7.11 Å². The molecule has 2 N–H and O–H groups in total. The van der Waals surface area contributed by atoms with Crippen molar-refractivity contribution in [2.24, 2.45) is 0 Å². The van der Waals surface area contributed by atoms with E-state index < -0.39 is 6.10 Å². The van der Waals surface area contributed by atoms with Crippen molar-refractivity contribution in [3.63, 3.8) is 0 Å². The molecule has 0 saturated carbocycles. The van der Waals surface area contributed by atoms with Crippen LogP contribution in [0.5, 0.6) is 5.75 Å². The zero-order chi connectivity index (χ0) is 16.1. The average Bonchev–Trinajstić information content (AvgIpc) is 2.75. The van der Waals surface area contributed by atoms with Crippen molar-refractivity contribution >= 4 is 0 Å². The minimum absolute atomic E-state index is 0.328. The first-order chi connectivity index (χ1) is 11.3. The summed E-state index contributed by atoms with van der Waals surface area (Å²) in [6.07, 6.45) is 7.46. The Morgan fingerprint density at radius 1 is 1.26 bits per heavy atom. The first-order valence-electron chi connectivity index (χ1n) is 8.97. The Hall–Kier alpha value is -1.10. The number of aliphatic hydroxyl groups excluding tert-OH is 1. The number of hydrogen-bond donors (Lipinski definition) is 2. The summed E-state index contributed by atoms with van der Waals surface area (Å²) in [7, 11) is 1.62. The van der Waals surface area contributed by atoms with Gasteiger partial charge in [-0.15, -0.1) is 0 Å². The van der Waals surface area contributed by atoms with Crippen LogP contribution >= 0.6 is 0 Å². The van der Waals surface area contributed by atoms with Gasteiger partial charge in [0.1, 0.15) is 5.75 Å². The molecule has 3 rings (SSSR count). The number of nitrogens with one attached hydrogen (secondary N) is 1. The summed E-state index contributed by atoms with van der Waals surface area (Å²) in [6.45, 7) is 2.00. The van der Waals surface area contributed by atoms with Crippen molar-refractivity contribution in [3.05, 3.63) is 28.8 Å². The van der Waals surface area contributed by atoms with Gasteiger partial charge in [0.2, 0.25) is 0 Å². The Labute approximate surface area is 139 Å². The first-order valence-corrected chi connectivity index (χ1v) is 8.97. The summed E-state index contributed by atoms with van der Waals surface area (Å²) in [4.78, 5) is 0. The molecule has 128 valence electrons. The summed E-state index contributed by atoms with van der Waals surface area (Å²) in [5, 5.41) is 13.4. The third kappa shape index (κ3) is 4.25. The second kappa shape index (κ2) is 8.13. The molecule has 0 aromatic heterocycles. The summed E-state index contributed by atoms with van der Waals surface area (Å²) in [6, 6.07) is 4.98. The van der Waals surface area contributed by atoms with Crippen LogP contribution in [0.1, 0.15) is 54.8 Å². The van der Waals surface area contributed by atoms with Crippen molar-refractivity contribution in [1.82, 2.24) is 5.32 Å². The predicted molar refractivity (Wildman–Crippen MR) is 91.1 cm³/mol. The zero-order valence-electron chi connectivity index (χ0n) is 14.1. The lowest BCUT2D eigenvalue weighted by atomic mass is 9.88. The highest BCUT2D eigenvalue weighted by atomic mass is 16.5. The van der Waals surface area contributed by atoms with Gasteiger partial charge in [-0.05, 0) is 68.7 Å². The Bertz CT molecular complexity index is 518. The SMILES string of the molecule is COCC(O)CCNC1CCCOc2cc3c(cc21)CCCC3. The highest BCUT2D eigenvalue weighted by Crippen LogP contribution is 2.36. The second-order valence-corrected chi connectivity index (χ2v) is 6.76. The van der Waals surface area contributed by atoms with Crippen LogP contribution in [0.4, 0.5) is 0 Å². The van der Waals surface area contributed by atoms with E-state index in [1.165, 1.54) is 42.4 Å². The van der Waals surface area contributed by atoms with E-state index in [-0.39, 0.29) is 0 Å². The van der Waals surface area contributed by atoms with Gasteiger partial charge in [0.05, 0.1) is 19.3 Å². The van der Waals surface area contributed by atoms with Gasteiger partial charge in [-0.1, -0.05) is 6.07 Å². The molecule has 0 fully saturated rings. The maximum Gasteiger partial charge on any atom is 0.124 e. The van der Waals surface area contributed by atoms with E-state index in [9.17, 15) is 5.11 Å². The number of rotatable bonds is 6. The molecule has 1 aliphatic heterocycles. The largest absolute Gasteiger partial charge is 0.493 e. The van der Waals surface area contributed by atoms with Gasteiger partial charge in [-0.25, -0.2) is 0 Å². The number of methoxy groups -OCH3 is 1. The molecule has 23 heavy (non-hydrogen) atoms. The lowest BCUT2D eigenvalue weighted by Crippen LogP contribution is -2.27. The maximum atomic E-state index is 9.80. The summed E-state index contributed by atoms with van der Waals surface area (Å²) < 4.78 is 11.0. The fraction of sp³-hybridized carbons (Fsp3) is 0.684. The average molecular weight is 319 g/mol.